The van der Waals surface area contributed by atoms with Crippen molar-refractivity contribution in [3.63, 3.8) is 0 Å². The SMILES string of the molecule is O=C(NCCCn1cnc2ccccc21)c1cccc(NC(=O)C2CC2)c1. The molecule has 3 aromatic rings. The Hall–Kier alpha value is -3.15. The lowest BCUT2D eigenvalue weighted by Gasteiger charge is -2.09. The van der Waals surface area contributed by atoms with Crippen LogP contribution in [-0.4, -0.2) is 27.9 Å². The second-order valence-corrected chi connectivity index (χ2v) is 6.88. The summed E-state index contributed by atoms with van der Waals surface area (Å²) < 4.78 is 2.09. The third kappa shape index (κ3) is 4.16. The van der Waals surface area contributed by atoms with Gasteiger partial charge in [-0.15, -0.1) is 0 Å². The summed E-state index contributed by atoms with van der Waals surface area (Å²) in [5.41, 5.74) is 3.30. The van der Waals surface area contributed by atoms with Gasteiger partial charge in [0.25, 0.3) is 5.91 Å². The highest BCUT2D eigenvalue weighted by atomic mass is 16.2. The van der Waals surface area contributed by atoms with Crippen LogP contribution in [0.2, 0.25) is 0 Å². The number of hydrogen-bond donors (Lipinski definition) is 2. The number of para-hydroxylation sites is 2. The van der Waals surface area contributed by atoms with Crippen LogP contribution in [0.5, 0.6) is 0 Å². The van der Waals surface area contributed by atoms with Crippen molar-refractivity contribution >= 4 is 28.5 Å². The molecule has 1 aromatic heterocycles. The Morgan fingerprint density at radius 2 is 1.96 bits per heavy atom. The third-order valence-corrected chi connectivity index (χ3v) is 4.73. The maximum absolute atomic E-state index is 12.4. The first kappa shape index (κ1) is 17.3. The summed E-state index contributed by atoms with van der Waals surface area (Å²) in [7, 11) is 0. The van der Waals surface area contributed by atoms with E-state index in [1.807, 2.05) is 30.6 Å². The first-order valence-corrected chi connectivity index (χ1v) is 9.30. The topological polar surface area (TPSA) is 76.0 Å². The molecule has 1 saturated carbocycles. The van der Waals surface area contributed by atoms with Gasteiger partial charge in [0.15, 0.2) is 0 Å². The van der Waals surface area contributed by atoms with E-state index in [4.69, 9.17) is 0 Å². The summed E-state index contributed by atoms with van der Waals surface area (Å²) in [6, 6.07) is 15.1. The number of imidazole rings is 1. The van der Waals surface area contributed by atoms with Gasteiger partial charge in [-0.3, -0.25) is 9.59 Å². The van der Waals surface area contributed by atoms with Gasteiger partial charge in [-0.2, -0.15) is 0 Å². The van der Waals surface area contributed by atoms with Crippen LogP contribution in [-0.2, 0) is 11.3 Å². The number of rotatable bonds is 7. The lowest BCUT2D eigenvalue weighted by atomic mass is 10.2. The molecule has 2 N–H and O–H groups in total. The van der Waals surface area contributed by atoms with Gasteiger partial charge in [-0.05, 0) is 49.6 Å². The number of nitrogens with zero attached hydrogens (tertiary/aromatic N) is 2. The molecule has 1 heterocycles. The number of amides is 2. The molecule has 27 heavy (non-hydrogen) atoms. The average Bonchev–Trinajstić information content (AvgIpc) is 3.47. The summed E-state index contributed by atoms with van der Waals surface area (Å²) in [6.45, 7) is 1.36. The number of fused-ring (bicyclic) bond motifs is 1. The number of carbonyl (C=O) groups excluding carboxylic acids is 2. The quantitative estimate of drug-likeness (QED) is 0.634. The second-order valence-electron chi connectivity index (χ2n) is 6.88. The van der Waals surface area contributed by atoms with Crippen LogP contribution in [0.25, 0.3) is 11.0 Å². The van der Waals surface area contributed by atoms with Crippen molar-refractivity contribution < 1.29 is 9.59 Å². The zero-order valence-electron chi connectivity index (χ0n) is 15.0. The van der Waals surface area contributed by atoms with Crippen LogP contribution < -0.4 is 10.6 Å². The number of hydrogen-bond acceptors (Lipinski definition) is 3. The van der Waals surface area contributed by atoms with Gasteiger partial charge in [-0.1, -0.05) is 18.2 Å². The Labute approximate surface area is 157 Å². The van der Waals surface area contributed by atoms with Crippen LogP contribution >= 0.6 is 0 Å². The molecule has 2 amide bonds. The van der Waals surface area contributed by atoms with E-state index in [0.717, 1.165) is 36.8 Å². The minimum atomic E-state index is -0.131. The smallest absolute Gasteiger partial charge is 0.251 e. The highest BCUT2D eigenvalue weighted by Gasteiger charge is 2.29. The van der Waals surface area contributed by atoms with E-state index in [1.165, 1.54) is 0 Å². The fourth-order valence-corrected chi connectivity index (χ4v) is 3.07. The fraction of sp³-hybridized carbons (Fsp3) is 0.286. The molecule has 1 aliphatic carbocycles. The Morgan fingerprint density at radius 1 is 1.11 bits per heavy atom. The molecule has 6 nitrogen and oxygen atoms in total. The normalized spacial score (nSPS) is 13.5. The first-order chi connectivity index (χ1) is 13.2. The molecule has 2 aromatic carbocycles. The summed E-state index contributed by atoms with van der Waals surface area (Å²) in [5.74, 6) is 0.0508. The van der Waals surface area contributed by atoms with Crippen molar-refractivity contribution in [3.05, 3.63) is 60.4 Å². The molecule has 6 heteroatoms. The monoisotopic (exact) mass is 362 g/mol. The van der Waals surface area contributed by atoms with Gasteiger partial charge >= 0.3 is 0 Å². The Balaban J connectivity index is 1.28. The second kappa shape index (κ2) is 7.61. The number of carbonyl (C=O) groups is 2. The van der Waals surface area contributed by atoms with Gasteiger partial charge in [-0.25, -0.2) is 4.98 Å². The number of aryl methyl sites for hydroxylation is 1. The molecule has 1 fully saturated rings. The zero-order valence-corrected chi connectivity index (χ0v) is 15.0. The van der Waals surface area contributed by atoms with Crippen molar-refractivity contribution in [2.24, 2.45) is 5.92 Å². The Morgan fingerprint density at radius 3 is 2.81 bits per heavy atom. The largest absolute Gasteiger partial charge is 0.352 e. The minimum absolute atomic E-state index is 0.0418. The lowest BCUT2D eigenvalue weighted by Crippen LogP contribution is -2.25. The summed E-state index contributed by atoms with van der Waals surface area (Å²) in [5, 5.41) is 5.81. The highest BCUT2D eigenvalue weighted by Crippen LogP contribution is 2.30. The molecule has 0 radical (unpaired) electrons. The summed E-state index contributed by atoms with van der Waals surface area (Å²) in [4.78, 5) is 28.6. The van der Waals surface area contributed by atoms with Crippen LogP contribution in [0, 0.1) is 5.92 Å². The van der Waals surface area contributed by atoms with E-state index in [1.54, 1.807) is 24.3 Å². The molecular formula is C21H22N4O2. The third-order valence-electron chi connectivity index (χ3n) is 4.73. The van der Waals surface area contributed by atoms with Gasteiger partial charge in [0.2, 0.25) is 5.91 Å². The van der Waals surface area contributed by atoms with Crippen LogP contribution in [0.4, 0.5) is 5.69 Å². The molecular weight excluding hydrogens is 340 g/mol. The number of nitrogens with one attached hydrogen (secondary N) is 2. The van der Waals surface area contributed by atoms with Crippen LogP contribution in [0.1, 0.15) is 29.6 Å². The zero-order chi connectivity index (χ0) is 18.6. The number of anilines is 1. The molecule has 0 atom stereocenters. The van der Waals surface area contributed by atoms with Crippen molar-refractivity contribution in [1.29, 1.82) is 0 Å². The molecule has 138 valence electrons. The van der Waals surface area contributed by atoms with Gasteiger partial charge in [0.05, 0.1) is 17.4 Å². The predicted octanol–water partition coefficient (Wildman–Crippen LogP) is 3.20. The molecule has 0 bridgehead atoms. The maximum Gasteiger partial charge on any atom is 0.251 e. The van der Waals surface area contributed by atoms with E-state index in [0.29, 0.717) is 17.8 Å². The standard InChI is InChI=1S/C21H22N4O2/c26-20(16-5-3-6-17(13-16)24-21(27)15-9-10-15)22-11-4-12-25-14-23-18-7-1-2-8-19(18)25/h1-3,5-8,13-15H,4,9-12H2,(H,22,26)(H,24,27). The van der Waals surface area contributed by atoms with E-state index < -0.39 is 0 Å². The summed E-state index contributed by atoms with van der Waals surface area (Å²) in [6.07, 6.45) is 4.55. The highest BCUT2D eigenvalue weighted by molar-refractivity contribution is 5.98. The molecule has 0 spiro atoms. The minimum Gasteiger partial charge on any atom is -0.352 e. The molecule has 0 saturated heterocycles. The molecule has 1 aliphatic rings. The number of benzene rings is 2. The summed E-state index contributed by atoms with van der Waals surface area (Å²) >= 11 is 0. The van der Waals surface area contributed by atoms with E-state index in [9.17, 15) is 9.59 Å². The molecule has 4 rings (SSSR count). The van der Waals surface area contributed by atoms with Gasteiger partial charge < -0.3 is 15.2 Å². The Bertz CT molecular complexity index is 975. The lowest BCUT2D eigenvalue weighted by molar-refractivity contribution is -0.117. The van der Waals surface area contributed by atoms with Crippen molar-refractivity contribution in [2.45, 2.75) is 25.8 Å². The van der Waals surface area contributed by atoms with Gasteiger partial charge in [0, 0.05) is 30.3 Å². The van der Waals surface area contributed by atoms with Crippen molar-refractivity contribution in [2.75, 3.05) is 11.9 Å². The fourth-order valence-electron chi connectivity index (χ4n) is 3.07. The van der Waals surface area contributed by atoms with Gasteiger partial charge in [0.1, 0.15) is 0 Å². The van der Waals surface area contributed by atoms with E-state index in [2.05, 4.69) is 20.2 Å². The van der Waals surface area contributed by atoms with Crippen LogP contribution in [0.15, 0.2) is 54.9 Å². The predicted molar refractivity (Wildman–Crippen MR) is 104 cm³/mol. The molecule has 0 unspecified atom stereocenters. The number of aromatic nitrogens is 2. The van der Waals surface area contributed by atoms with Crippen LogP contribution in [0.3, 0.4) is 0 Å². The maximum atomic E-state index is 12.4. The first-order valence-electron chi connectivity index (χ1n) is 9.30. The van der Waals surface area contributed by atoms with E-state index in [-0.39, 0.29) is 17.7 Å². The average molecular weight is 362 g/mol. The Kier molecular flexibility index (Phi) is 4.87. The van der Waals surface area contributed by atoms with Crippen molar-refractivity contribution in [1.82, 2.24) is 14.9 Å². The van der Waals surface area contributed by atoms with Crippen molar-refractivity contribution in [3.8, 4) is 0 Å². The molecule has 0 aliphatic heterocycles. The van der Waals surface area contributed by atoms with E-state index >= 15 is 0 Å².